The average molecular weight is 732 g/mol. The minimum Gasteiger partial charge on any atom is -0.456 e. The molecular weight excluding hydrogens is 677 g/mol. The first-order chi connectivity index (χ1) is 26.2. The zero-order chi connectivity index (χ0) is 38.6. The van der Waals surface area contributed by atoms with Gasteiger partial charge in [-0.2, -0.15) is 0 Å². The Bertz CT molecular complexity index is 2080. The quantitative estimate of drug-likeness (QED) is 0.0575. The molecule has 1 aliphatic heterocycles. The number of anilines is 1. The van der Waals surface area contributed by atoms with E-state index in [-0.39, 0.29) is 31.3 Å². The SMILES string of the molecule is CCN(CC)c1ccc2c(-c3ccccc3C(=O)N[C@@H](CCCCN)C(=O)N(CCC(N)=O)Cc3ccccc3)c3ccc(=[N+](CC)CC)cc-3oc2c1. The second kappa shape index (κ2) is 19.0. The molecule has 284 valence electrons. The zero-order valence-electron chi connectivity index (χ0n) is 32.1. The monoisotopic (exact) mass is 731 g/mol. The summed E-state index contributed by atoms with van der Waals surface area (Å²) in [7, 11) is 0. The van der Waals surface area contributed by atoms with E-state index in [1.165, 1.54) is 0 Å². The van der Waals surface area contributed by atoms with Gasteiger partial charge in [0, 0.05) is 72.5 Å². The highest BCUT2D eigenvalue weighted by Crippen LogP contribution is 2.42. The van der Waals surface area contributed by atoms with Crippen LogP contribution in [0.2, 0.25) is 0 Å². The Kier molecular flexibility index (Phi) is 14.0. The molecule has 5 N–H and O–H groups in total. The topological polar surface area (TPSA) is 138 Å². The van der Waals surface area contributed by atoms with Crippen LogP contribution in [0.25, 0.3) is 33.4 Å². The number of hydrogen-bond donors (Lipinski definition) is 3. The predicted octanol–water partition coefficient (Wildman–Crippen LogP) is 5.99. The van der Waals surface area contributed by atoms with E-state index in [0.717, 1.165) is 76.2 Å². The van der Waals surface area contributed by atoms with E-state index < -0.39 is 11.9 Å². The second-order valence-corrected chi connectivity index (χ2v) is 13.5. The van der Waals surface area contributed by atoms with Gasteiger partial charge in [0.25, 0.3) is 5.91 Å². The molecule has 0 saturated heterocycles. The first-order valence-electron chi connectivity index (χ1n) is 19.3. The van der Waals surface area contributed by atoms with Crippen LogP contribution in [0.1, 0.15) is 69.3 Å². The van der Waals surface area contributed by atoms with Crippen molar-refractivity contribution >= 4 is 34.4 Å². The van der Waals surface area contributed by atoms with Gasteiger partial charge in [0.05, 0.1) is 6.07 Å². The van der Waals surface area contributed by atoms with Crippen molar-refractivity contribution in [1.82, 2.24) is 14.8 Å². The molecule has 1 aliphatic carbocycles. The third-order valence-electron chi connectivity index (χ3n) is 10.1. The van der Waals surface area contributed by atoms with Crippen molar-refractivity contribution in [3.63, 3.8) is 0 Å². The van der Waals surface area contributed by atoms with Crippen molar-refractivity contribution in [2.45, 2.75) is 66.0 Å². The van der Waals surface area contributed by atoms with Crippen molar-refractivity contribution in [2.75, 3.05) is 44.2 Å². The standard InChI is InChI=1S/C44H54N6O4/c1-5-48(6-2)32-21-23-36-39(28-32)54-40-29-33(49(7-3)8-4)22-24-37(40)42(36)34-18-12-13-19-35(34)43(52)47-38(20-14-15-26-45)44(53)50(27-25-41(46)51)30-31-16-10-9-11-17-31/h9-13,16-19,21-24,28-29,38H,5-8,14-15,20,25-27,30,45H2,1-4H3,(H2-,46,47,51,52)/p+1/t38-/m0/s1. The number of unbranched alkanes of at least 4 members (excludes halogenated alkanes) is 1. The van der Waals surface area contributed by atoms with Gasteiger partial charge in [0.1, 0.15) is 30.5 Å². The lowest BCUT2D eigenvalue weighted by molar-refractivity contribution is -0.134. The largest absolute Gasteiger partial charge is 0.456 e. The van der Waals surface area contributed by atoms with Crippen LogP contribution in [0.5, 0.6) is 0 Å². The fraction of sp³-hybridized carbons (Fsp3) is 0.364. The molecule has 0 spiro atoms. The number of hydrogen-bond acceptors (Lipinski definition) is 6. The van der Waals surface area contributed by atoms with Crippen molar-refractivity contribution in [3.8, 4) is 22.5 Å². The second-order valence-electron chi connectivity index (χ2n) is 13.5. The van der Waals surface area contributed by atoms with Crippen LogP contribution in [0, 0.1) is 0 Å². The first-order valence-corrected chi connectivity index (χ1v) is 19.3. The van der Waals surface area contributed by atoms with Crippen molar-refractivity contribution < 1.29 is 18.8 Å². The maximum absolute atomic E-state index is 14.5. The molecule has 3 amide bonds. The fourth-order valence-electron chi connectivity index (χ4n) is 7.15. The van der Waals surface area contributed by atoms with Crippen LogP contribution in [-0.2, 0) is 16.1 Å². The van der Waals surface area contributed by atoms with Crippen LogP contribution in [0.15, 0.2) is 95.4 Å². The number of benzene rings is 4. The van der Waals surface area contributed by atoms with E-state index in [1.54, 1.807) is 11.0 Å². The number of nitrogens with zero attached hydrogens (tertiary/aromatic N) is 3. The molecule has 54 heavy (non-hydrogen) atoms. The van der Waals surface area contributed by atoms with Gasteiger partial charge in [-0.15, -0.1) is 0 Å². The lowest BCUT2D eigenvalue weighted by Gasteiger charge is -2.28. The summed E-state index contributed by atoms with van der Waals surface area (Å²) in [6.45, 7) is 12.8. The summed E-state index contributed by atoms with van der Waals surface area (Å²) in [5.74, 6) is -0.422. The Morgan fingerprint density at radius 2 is 1.56 bits per heavy atom. The van der Waals surface area contributed by atoms with E-state index in [1.807, 2.05) is 48.5 Å². The Labute approximate surface area is 318 Å². The highest BCUT2D eigenvalue weighted by Gasteiger charge is 2.29. The lowest BCUT2D eigenvalue weighted by atomic mass is 9.90. The van der Waals surface area contributed by atoms with Crippen LogP contribution < -0.4 is 31.6 Å². The number of nitrogens with two attached hydrogens (primary N) is 2. The van der Waals surface area contributed by atoms with Gasteiger partial charge in [-0.3, -0.25) is 14.4 Å². The third kappa shape index (κ3) is 9.35. The summed E-state index contributed by atoms with van der Waals surface area (Å²) >= 11 is 0. The number of primary amides is 1. The summed E-state index contributed by atoms with van der Waals surface area (Å²) in [5.41, 5.74) is 17.0. The lowest BCUT2D eigenvalue weighted by Crippen LogP contribution is -2.49. The normalized spacial score (nSPS) is 11.7. The van der Waals surface area contributed by atoms with E-state index in [0.29, 0.717) is 31.4 Å². The Morgan fingerprint density at radius 3 is 2.24 bits per heavy atom. The molecule has 0 bridgehead atoms. The number of nitrogens with one attached hydrogen (secondary N) is 1. The highest BCUT2D eigenvalue weighted by atomic mass is 16.3. The average Bonchev–Trinajstić information content (AvgIpc) is 3.19. The summed E-state index contributed by atoms with van der Waals surface area (Å²) in [5, 5.41) is 5.04. The van der Waals surface area contributed by atoms with Crippen molar-refractivity contribution in [3.05, 3.63) is 107 Å². The Balaban J connectivity index is 1.62. The summed E-state index contributed by atoms with van der Waals surface area (Å²) < 4.78 is 8.96. The molecule has 0 aromatic heterocycles. The van der Waals surface area contributed by atoms with E-state index in [4.69, 9.17) is 15.9 Å². The summed E-state index contributed by atoms with van der Waals surface area (Å²) in [6.07, 6.45) is 1.75. The van der Waals surface area contributed by atoms with Gasteiger partial charge in [-0.1, -0.05) is 48.5 Å². The number of carbonyl (C=O) groups excluding carboxylic acids is 3. The van der Waals surface area contributed by atoms with E-state index in [9.17, 15) is 14.4 Å². The van der Waals surface area contributed by atoms with Gasteiger partial charge in [0.2, 0.25) is 17.2 Å². The predicted molar refractivity (Wildman–Crippen MR) is 218 cm³/mol. The number of carbonyl (C=O) groups is 3. The minimum atomic E-state index is -0.846. The molecule has 0 unspecified atom stereocenters. The maximum atomic E-state index is 14.5. The summed E-state index contributed by atoms with van der Waals surface area (Å²) in [6, 6.07) is 28.8. The van der Waals surface area contributed by atoms with Gasteiger partial charge in [-0.05, 0) is 88.9 Å². The van der Waals surface area contributed by atoms with Crippen LogP contribution in [0.3, 0.4) is 0 Å². The van der Waals surface area contributed by atoms with Gasteiger partial charge < -0.3 is 31.0 Å². The molecule has 1 atom stereocenters. The maximum Gasteiger partial charge on any atom is 0.252 e. The molecule has 0 fully saturated rings. The number of amides is 3. The fourth-order valence-corrected chi connectivity index (χ4v) is 7.15. The number of rotatable bonds is 18. The zero-order valence-corrected chi connectivity index (χ0v) is 32.1. The van der Waals surface area contributed by atoms with Gasteiger partial charge in [-0.25, -0.2) is 4.58 Å². The first kappa shape index (κ1) is 39.7. The molecule has 5 rings (SSSR count). The van der Waals surface area contributed by atoms with Gasteiger partial charge in [0.15, 0.2) is 0 Å². The molecule has 0 radical (unpaired) electrons. The third-order valence-corrected chi connectivity index (χ3v) is 10.1. The van der Waals surface area contributed by atoms with E-state index in [2.05, 4.69) is 78.9 Å². The molecule has 2 aliphatic rings. The minimum absolute atomic E-state index is 0.00998. The molecule has 1 heterocycles. The Hall–Kier alpha value is -5.48. The Morgan fingerprint density at radius 1 is 0.833 bits per heavy atom. The molecule has 3 aromatic carbocycles. The van der Waals surface area contributed by atoms with E-state index >= 15 is 0 Å². The van der Waals surface area contributed by atoms with Crippen LogP contribution in [0.4, 0.5) is 5.69 Å². The van der Waals surface area contributed by atoms with Crippen molar-refractivity contribution in [2.24, 2.45) is 11.5 Å². The molecule has 0 saturated carbocycles. The smallest absolute Gasteiger partial charge is 0.252 e. The molecule has 10 nitrogen and oxygen atoms in total. The van der Waals surface area contributed by atoms with Crippen LogP contribution in [-0.4, -0.2) is 67.9 Å². The summed E-state index contributed by atoms with van der Waals surface area (Å²) in [4.78, 5) is 44.6. The molecule has 10 heteroatoms. The van der Waals surface area contributed by atoms with Crippen LogP contribution >= 0.6 is 0 Å². The molecular formula is C44H55N6O4+. The van der Waals surface area contributed by atoms with Gasteiger partial charge >= 0.3 is 0 Å². The van der Waals surface area contributed by atoms with Crippen molar-refractivity contribution in [1.29, 1.82) is 0 Å². The number of fused-ring (bicyclic) bond motifs is 2. The highest BCUT2D eigenvalue weighted by molar-refractivity contribution is 6.10. The molecule has 3 aromatic rings.